The van der Waals surface area contributed by atoms with E-state index in [2.05, 4.69) is 9.13 Å². The fraction of sp³-hybridized carbons (Fsp3) is 0. The topological polar surface area (TPSA) is 26.9 Å². The number of halogens is 2. The van der Waals surface area contributed by atoms with Gasteiger partial charge in [-0.05, 0) is 72.8 Å². The molecule has 0 radical (unpaired) electrons. The summed E-state index contributed by atoms with van der Waals surface area (Å²) in [5, 5.41) is 5.02. The molecule has 9 rings (SSSR count). The highest BCUT2D eigenvalue weighted by Gasteiger charge is 2.36. The minimum Gasteiger partial charge on any atom is -0.308 e. The molecule has 0 aliphatic carbocycles. The van der Waals surface area contributed by atoms with Crippen LogP contribution in [0, 0.1) is 11.6 Å². The highest BCUT2D eigenvalue weighted by Crippen LogP contribution is 2.49. The average Bonchev–Trinajstić information content (AvgIpc) is 3.64. The molecular formula is C42H27F2N2OP. The van der Waals surface area contributed by atoms with Crippen LogP contribution < -0.4 is 15.9 Å². The van der Waals surface area contributed by atoms with Gasteiger partial charge in [-0.2, -0.15) is 0 Å². The van der Waals surface area contributed by atoms with Crippen molar-refractivity contribution in [3.05, 3.63) is 175 Å². The Morgan fingerprint density at radius 2 is 0.833 bits per heavy atom. The lowest BCUT2D eigenvalue weighted by Crippen LogP contribution is -2.27. The van der Waals surface area contributed by atoms with Gasteiger partial charge in [0.25, 0.3) is 0 Å². The average molecular weight is 645 g/mol. The molecule has 2 aromatic heterocycles. The second kappa shape index (κ2) is 10.9. The monoisotopic (exact) mass is 644 g/mol. The van der Waals surface area contributed by atoms with Crippen LogP contribution in [0.2, 0.25) is 0 Å². The molecule has 48 heavy (non-hydrogen) atoms. The van der Waals surface area contributed by atoms with E-state index in [1.165, 1.54) is 12.1 Å². The van der Waals surface area contributed by atoms with Gasteiger partial charge in [0.05, 0.1) is 22.1 Å². The van der Waals surface area contributed by atoms with Gasteiger partial charge in [0, 0.05) is 48.8 Å². The lowest BCUT2D eigenvalue weighted by molar-refractivity contribution is 0.592. The van der Waals surface area contributed by atoms with Gasteiger partial charge in [0.1, 0.15) is 11.6 Å². The van der Waals surface area contributed by atoms with E-state index in [-0.39, 0.29) is 11.6 Å². The molecule has 230 valence electrons. The highest BCUT2D eigenvalue weighted by atomic mass is 31.2. The van der Waals surface area contributed by atoms with Crippen LogP contribution in [0.15, 0.2) is 164 Å². The van der Waals surface area contributed by atoms with E-state index in [0.29, 0.717) is 15.9 Å². The zero-order valence-corrected chi connectivity index (χ0v) is 26.5. The molecule has 0 saturated heterocycles. The van der Waals surface area contributed by atoms with Crippen molar-refractivity contribution < 1.29 is 13.3 Å². The Kier molecular flexibility index (Phi) is 6.46. The van der Waals surface area contributed by atoms with Crippen molar-refractivity contribution in [1.29, 1.82) is 0 Å². The molecule has 7 aromatic carbocycles. The Hall–Kier alpha value is -5.77. The zero-order valence-electron chi connectivity index (χ0n) is 25.6. The molecule has 2 heterocycles. The summed E-state index contributed by atoms with van der Waals surface area (Å²) in [7, 11) is -3.73. The van der Waals surface area contributed by atoms with Crippen LogP contribution in [0.4, 0.5) is 8.78 Å². The van der Waals surface area contributed by atoms with Crippen LogP contribution >= 0.6 is 7.14 Å². The van der Waals surface area contributed by atoms with E-state index in [1.807, 2.05) is 127 Å². The summed E-state index contributed by atoms with van der Waals surface area (Å²) >= 11 is 0. The molecule has 0 aliphatic heterocycles. The summed E-state index contributed by atoms with van der Waals surface area (Å²) < 4.78 is 50.6. The smallest absolute Gasteiger partial charge is 0.175 e. The summed E-state index contributed by atoms with van der Waals surface area (Å²) in [6, 6.07) is 50.7. The van der Waals surface area contributed by atoms with E-state index in [4.69, 9.17) is 0 Å². The summed E-state index contributed by atoms with van der Waals surface area (Å²) in [6.45, 7) is 0. The predicted molar refractivity (Wildman–Crippen MR) is 194 cm³/mol. The number of hydrogen-bond donors (Lipinski definition) is 0. The van der Waals surface area contributed by atoms with Crippen molar-refractivity contribution in [3.63, 3.8) is 0 Å². The lowest BCUT2D eigenvalue weighted by Gasteiger charge is -2.24. The van der Waals surface area contributed by atoms with Crippen LogP contribution in [-0.2, 0) is 4.57 Å². The Labute approximate surface area is 275 Å². The molecule has 0 atom stereocenters. The standard InChI is InChI=1S/C42H27F2N2OP/c43-28-22-24-37-35(26-28)33-18-10-20-39(41(33)45(37)30-12-4-1-5-13-30)48(47,32-16-8-3-9-17-32)40-21-11-19-34-36-27-29(44)23-25-38(36)46(42(34)40)31-14-6-2-7-15-31/h1-27H. The van der Waals surface area contributed by atoms with Gasteiger partial charge < -0.3 is 13.7 Å². The van der Waals surface area contributed by atoms with Crippen LogP contribution in [0.1, 0.15) is 0 Å². The maximum atomic E-state index is 16.7. The highest BCUT2D eigenvalue weighted by molar-refractivity contribution is 7.86. The maximum absolute atomic E-state index is 16.7. The van der Waals surface area contributed by atoms with E-state index < -0.39 is 7.14 Å². The Bertz CT molecular complexity index is 2550. The number of nitrogens with zero attached hydrogens (tertiary/aromatic N) is 2. The van der Waals surface area contributed by atoms with Crippen molar-refractivity contribution >= 4 is 66.7 Å². The van der Waals surface area contributed by atoms with Crippen LogP contribution in [0.5, 0.6) is 0 Å². The molecule has 3 nitrogen and oxygen atoms in total. The second-order valence-electron chi connectivity index (χ2n) is 12.0. The molecule has 0 aliphatic rings. The van der Waals surface area contributed by atoms with Gasteiger partial charge in [0.2, 0.25) is 0 Å². The fourth-order valence-corrected chi connectivity index (χ4v) is 10.3. The van der Waals surface area contributed by atoms with Crippen molar-refractivity contribution in [2.75, 3.05) is 0 Å². The summed E-state index contributed by atoms with van der Waals surface area (Å²) in [5.41, 5.74) is 4.89. The first-order valence-corrected chi connectivity index (χ1v) is 17.5. The van der Waals surface area contributed by atoms with Gasteiger partial charge in [-0.25, -0.2) is 8.78 Å². The number of fused-ring (bicyclic) bond motifs is 6. The molecule has 0 fully saturated rings. The predicted octanol–water partition coefficient (Wildman–Crippen LogP) is 9.80. The molecule has 0 N–H and O–H groups in total. The Morgan fingerprint density at radius 1 is 0.417 bits per heavy atom. The third-order valence-corrected chi connectivity index (χ3v) is 12.4. The van der Waals surface area contributed by atoms with E-state index in [1.54, 1.807) is 24.3 Å². The zero-order chi connectivity index (χ0) is 32.4. The normalized spacial score (nSPS) is 12.0. The van der Waals surface area contributed by atoms with E-state index >= 15 is 4.57 Å². The Morgan fingerprint density at radius 3 is 1.27 bits per heavy atom. The summed E-state index contributed by atoms with van der Waals surface area (Å²) in [6.07, 6.45) is 0. The number of hydrogen-bond acceptors (Lipinski definition) is 1. The lowest BCUT2D eigenvalue weighted by atomic mass is 10.1. The first-order valence-electron chi connectivity index (χ1n) is 15.8. The molecular weight excluding hydrogens is 617 g/mol. The largest absolute Gasteiger partial charge is 0.308 e. The van der Waals surface area contributed by atoms with Crippen molar-refractivity contribution in [2.24, 2.45) is 0 Å². The molecule has 0 spiro atoms. The molecule has 0 amide bonds. The molecule has 9 aromatic rings. The number of rotatable bonds is 5. The first kappa shape index (κ1) is 28.5. The third kappa shape index (κ3) is 4.14. The fourth-order valence-electron chi connectivity index (χ4n) is 7.29. The van der Waals surface area contributed by atoms with Gasteiger partial charge in [0.15, 0.2) is 7.14 Å². The number of aromatic nitrogens is 2. The van der Waals surface area contributed by atoms with Gasteiger partial charge in [-0.1, -0.05) is 91.0 Å². The SMILES string of the molecule is O=P(c1ccccc1)(c1cccc2c3cc(F)ccc3n(-c3ccccc3)c12)c1cccc2c3cc(F)ccc3n(-c3ccccc3)c12. The second-order valence-corrected chi connectivity index (χ2v) is 14.7. The first-order chi connectivity index (χ1) is 23.5. The minimum atomic E-state index is -3.73. The molecule has 0 bridgehead atoms. The third-order valence-electron chi connectivity index (χ3n) is 9.28. The van der Waals surface area contributed by atoms with E-state index in [9.17, 15) is 8.78 Å². The van der Waals surface area contributed by atoms with Crippen LogP contribution in [0.3, 0.4) is 0 Å². The van der Waals surface area contributed by atoms with Gasteiger partial charge in [-0.3, -0.25) is 0 Å². The van der Waals surface area contributed by atoms with Crippen LogP contribution in [0.25, 0.3) is 55.0 Å². The maximum Gasteiger partial charge on any atom is 0.175 e. The van der Waals surface area contributed by atoms with Crippen molar-refractivity contribution in [1.82, 2.24) is 9.13 Å². The van der Waals surface area contributed by atoms with Crippen molar-refractivity contribution in [2.45, 2.75) is 0 Å². The quantitative estimate of drug-likeness (QED) is 0.171. The Balaban J connectivity index is 1.50. The van der Waals surface area contributed by atoms with Crippen LogP contribution in [-0.4, -0.2) is 9.13 Å². The molecule has 0 saturated carbocycles. The van der Waals surface area contributed by atoms with Gasteiger partial charge >= 0.3 is 0 Å². The number of para-hydroxylation sites is 4. The van der Waals surface area contributed by atoms with Gasteiger partial charge in [-0.15, -0.1) is 0 Å². The molecule has 0 unspecified atom stereocenters. The van der Waals surface area contributed by atoms with Crippen molar-refractivity contribution in [3.8, 4) is 11.4 Å². The minimum absolute atomic E-state index is 0.337. The summed E-state index contributed by atoms with van der Waals surface area (Å²) in [4.78, 5) is 0. The molecule has 6 heteroatoms. The number of benzene rings is 7. The van der Waals surface area contributed by atoms with E-state index in [0.717, 1.165) is 55.0 Å². The summed E-state index contributed by atoms with van der Waals surface area (Å²) in [5.74, 6) is -0.675.